The van der Waals surface area contributed by atoms with Crippen LogP contribution in [0.4, 0.5) is 0 Å². The number of hydrogen-bond donors (Lipinski definition) is 1. The molecule has 5 nitrogen and oxygen atoms in total. The maximum Gasteiger partial charge on any atom is 0.228 e. The second kappa shape index (κ2) is 4.09. The molecule has 5 heteroatoms. The second-order valence-electron chi connectivity index (χ2n) is 4.20. The Bertz CT molecular complexity index is 444. The molecule has 2 rings (SSSR count). The van der Waals surface area contributed by atoms with Crippen LogP contribution in [0.15, 0.2) is 29.0 Å². The van der Waals surface area contributed by atoms with Crippen molar-refractivity contribution in [2.45, 2.75) is 25.8 Å². The molecule has 0 atom stereocenters. The average molecular weight is 220 g/mol. The van der Waals surface area contributed by atoms with Crippen LogP contribution in [-0.2, 0) is 12.0 Å². The molecule has 2 heterocycles. The normalized spacial score (nSPS) is 11.9. The third-order valence-corrected chi connectivity index (χ3v) is 2.62. The minimum Gasteiger partial charge on any atom is -0.341 e. The summed E-state index contributed by atoms with van der Waals surface area (Å²) in [5.74, 6) is 1.27. The van der Waals surface area contributed by atoms with Crippen molar-refractivity contribution >= 4 is 0 Å². The third-order valence-electron chi connectivity index (χ3n) is 2.62. The van der Waals surface area contributed by atoms with E-state index in [2.05, 4.69) is 10.1 Å². The van der Waals surface area contributed by atoms with E-state index in [1.165, 1.54) is 0 Å². The zero-order valence-electron chi connectivity index (χ0n) is 9.55. The van der Waals surface area contributed by atoms with Crippen LogP contribution in [-0.4, -0.2) is 21.3 Å². The van der Waals surface area contributed by atoms with Gasteiger partial charge in [-0.25, -0.2) is 0 Å². The monoisotopic (exact) mass is 220 g/mol. The van der Waals surface area contributed by atoms with E-state index in [0.717, 1.165) is 0 Å². The van der Waals surface area contributed by atoms with Crippen LogP contribution in [0.3, 0.4) is 0 Å². The van der Waals surface area contributed by atoms with Gasteiger partial charge in [0.25, 0.3) is 0 Å². The molecule has 0 aliphatic heterocycles. The third kappa shape index (κ3) is 1.86. The molecule has 0 saturated carbocycles. The molecule has 0 aromatic carbocycles. The molecule has 0 spiro atoms. The van der Waals surface area contributed by atoms with Crippen molar-refractivity contribution in [2.24, 2.45) is 5.73 Å². The highest BCUT2D eigenvalue weighted by atomic mass is 16.5. The van der Waals surface area contributed by atoms with Gasteiger partial charge < -0.3 is 14.8 Å². The highest BCUT2D eigenvalue weighted by molar-refractivity contribution is 5.08. The largest absolute Gasteiger partial charge is 0.341 e. The molecule has 0 aliphatic rings. The summed E-state index contributed by atoms with van der Waals surface area (Å²) in [7, 11) is 0. The van der Waals surface area contributed by atoms with Gasteiger partial charge in [0.15, 0.2) is 5.82 Å². The number of nitrogens with zero attached hydrogens (tertiary/aromatic N) is 3. The lowest BCUT2D eigenvalue weighted by atomic mass is 10.1. The quantitative estimate of drug-likeness (QED) is 0.839. The average Bonchev–Trinajstić information content (AvgIpc) is 2.88. The van der Waals surface area contributed by atoms with E-state index < -0.39 is 0 Å². The summed E-state index contributed by atoms with van der Waals surface area (Å²) in [5, 5.41) is 4.00. The zero-order chi connectivity index (χ0) is 11.6. The van der Waals surface area contributed by atoms with Crippen LogP contribution in [0.2, 0.25) is 0 Å². The van der Waals surface area contributed by atoms with Crippen LogP contribution < -0.4 is 5.73 Å². The molecule has 0 radical (unpaired) electrons. The number of rotatable bonds is 4. The lowest BCUT2D eigenvalue weighted by Gasteiger charge is -2.22. The van der Waals surface area contributed by atoms with Gasteiger partial charge in [0.2, 0.25) is 5.89 Å². The second-order valence-corrected chi connectivity index (χ2v) is 4.20. The summed E-state index contributed by atoms with van der Waals surface area (Å²) in [6.07, 6.45) is 4.59. The SMILES string of the molecule is CC(C)(c1noc(CCN)n1)n1cccc1. The van der Waals surface area contributed by atoms with Crippen molar-refractivity contribution in [1.29, 1.82) is 0 Å². The molecule has 0 fully saturated rings. The van der Waals surface area contributed by atoms with Gasteiger partial charge in [-0.05, 0) is 26.0 Å². The first-order valence-corrected chi connectivity index (χ1v) is 5.31. The number of nitrogens with two attached hydrogens (primary N) is 1. The van der Waals surface area contributed by atoms with Gasteiger partial charge >= 0.3 is 0 Å². The fourth-order valence-corrected chi connectivity index (χ4v) is 1.55. The summed E-state index contributed by atoms with van der Waals surface area (Å²) in [6.45, 7) is 4.61. The molecule has 16 heavy (non-hydrogen) atoms. The van der Waals surface area contributed by atoms with E-state index in [1.54, 1.807) is 0 Å². The van der Waals surface area contributed by atoms with E-state index in [-0.39, 0.29) is 5.54 Å². The van der Waals surface area contributed by atoms with Crippen LogP contribution in [0, 0.1) is 0 Å². The van der Waals surface area contributed by atoms with E-state index in [0.29, 0.717) is 24.7 Å². The predicted octanol–water partition coefficient (Wildman–Crippen LogP) is 1.16. The maximum atomic E-state index is 5.44. The molecule has 0 bridgehead atoms. The lowest BCUT2D eigenvalue weighted by molar-refractivity contribution is 0.344. The fourth-order valence-electron chi connectivity index (χ4n) is 1.55. The Labute approximate surface area is 94.3 Å². The topological polar surface area (TPSA) is 69.9 Å². The zero-order valence-corrected chi connectivity index (χ0v) is 9.55. The summed E-state index contributed by atoms with van der Waals surface area (Å²) >= 11 is 0. The van der Waals surface area contributed by atoms with Gasteiger partial charge in [-0.15, -0.1) is 0 Å². The molecule has 2 aromatic heterocycles. The molecule has 0 saturated heterocycles. The van der Waals surface area contributed by atoms with Crippen molar-refractivity contribution in [3.63, 3.8) is 0 Å². The summed E-state index contributed by atoms with van der Waals surface area (Å²) in [6, 6.07) is 3.95. The smallest absolute Gasteiger partial charge is 0.228 e. The summed E-state index contributed by atoms with van der Waals surface area (Å²) in [4.78, 5) is 4.35. The Morgan fingerprint density at radius 3 is 2.69 bits per heavy atom. The number of aromatic nitrogens is 3. The van der Waals surface area contributed by atoms with Crippen LogP contribution in [0.25, 0.3) is 0 Å². The Balaban J connectivity index is 2.28. The maximum absolute atomic E-state index is 5.44. The molecule has 2 aromatic rings. The summed E-state index contributed by atoms with van der Waals surface area (Å²) in [5.41, 5.74) is 5.13. The van der Waals surface area contributed by atoms with Crippen molar-refractivity contribution in [3.05, 3.63) is 36.2 Å². The van der Waals surface area contributed by atoms with Gasteiger partial charge in [0.05, 0.1) is 0 Å². The van der Waals surface area contributed by atoms with E-state index in [4.69, 9.17) is 10.3 Å². The van der Waals surface area contributed by atoms with Gasteiger partial charge in [-0.1, -0.05) is 5.16 Å². The van der Waals surface area contributed by atoms with Crippen molar-refractivity contribution in [1.82, 2.24) is 14.7 Å². The first-order chi connectivity index (χ1) is 7.64. The van der Waals surface area contributed by atoms with Crippen molar-refractivity contribution < 1.29 is 4.52 Å². The van der Waals surface area contributed by atoms with Gasteiger partial charge in [0.1, 0.15) is 5.54 Å². The molecule has 0 aliphatic carbocycles. The van der Waals surface area contributed by atoms with E-state index in [9.17, 15) is 0 Å². The predicted molar refractivity (Wildman–Crippen MR) is 59.9 cm³/mol. The minimum absolute atomic E-state index is 0.306. The molecule has 0 amide bonds. The Morgan fingerprint density at radius 2 is 2.06 bits per heavy atom. The highest BCUT2D eigenvalue weighted by Crippen LogP contribution is 2.22. The molecular formula is C11H16N4O. The van der Waals surface area contributed by atoms with Crippen LogP contribution in [0.5, 0.6) is 0 Å². The van der Waals surface area contributed by atoms with Crippen molar-refractivity contribution in [3.8, 4) is 0 Å². The Morgan fingerprint density at radius 1 is 1.38 bits per heavy atom. The molecular weight excluding hydrogens is 204 g/mol. The van der Waals surface area contributed by atoms with Gasteiger partial charge in [-0.2, -0.15) is 4.98 Å². The molecule has 86 valence electrons. The van der Waals surface area contributed by atoms with Crippen molar-refractivity contribution in [2.75, 3.05) is 6.54 Å². The highest BCUT2D eigenvalue weighted by Gasteiger charge is 2.27. The standard InChI is InChI=1S/C11H16N4O/c1-11(2,15-7-3-4-8-15)10-13-9(5-6-12)16-14-10/h3-4,7-8H,5-6,12H2,1-2H3. The first kappa shape index (κ1) is 10.9. The van der Waals surface area contributed by atoms with Gasteiger partial charge in [0, 0.05) is 25.4 Å². The number of hydrogen-bond acceptors (Lipinski definition) is 4. The molecule has 2 N–H and O–H groups in total. The van der Waals surface area contributed by atoms with Gasteiger partial charge in [-0.3, -0.25) is 0 Å². The van der Waals surface area contributed by atoms with E-state index in [1.807, 2.05) is 42.9 Å². The summed E-state index contributed by atoms with van der Waals surface area (Å²) < 4.78 is 7.18. The molecule has 0 unspecified atom stereocenters. The van der Waals surface area contributed by atoms with Crippen LogP contribution >= 0.6 is 0 Å². The Kier molecular flexibility index (Phi) is 2.78. The minimum atomic E-state index is -0.306. The Hall–Kier alpha value is -1.62. The van der Waals surface area contributed by atoms with Crippen LogP contribution in [0.1, 0.15) is 25.6 Å². The lowest BCUT2D eigenvalue weighted by Crippen LogP contribution is -2.27. The van der Waals surface area contributed by atoms with E-state index >= 15 is 0 Å². The first-order valence-electron chi connectivity index (χ1n) is 5.31. The fraction of sp³-hybridized carbons (Fsp3) is 0.455.